The number of methoxy groups -OCH3 is 2. The van der Waals surface area contributed by atoms with Crippen LogP contribution in [0.15, 0.2) is 25.3 Å². The Bertz CT molecular complexity index is 129. The van der Waals surface area contributed by atoms with Gasteiger partial charge in [-0.2, -0.15) is 0 Å². The van der Waals surface area contributed by atoms with Crippen LogP contribution < -0.4 is 0 Å². The van der Waals surface area contributed by atoms with E-state index in [2.05, 4.69) is 13.2 Å². The zero-order valence-corrected chi connectivity index (χ0v) is 8.36. The predicted molar refractivity (Wildman–Crippen MR) is 52.8 cm³/mol. The van der Waals surface area contributed by atoms with Crippen molar-refractivity contribution in [2.75, 3.05) is 27.4 Å². The van der Waals surface area contributed by atoms with Crippen LogP contribution >= 0.6 is 0 Å². The monoisotopic (exact) mass is 186 g/mol. The summed E-state index contributed by atoms with van der Waals surface area (Å²) in [7, 11) is 3.25. The van der Waals surface area contributed by atoms with E-state index >= 15 is 0 Å². The highest BCUT2D eigenvalue weighted by Crippen LogP contribution is 2.02. The molecule has 0 aromatic heterocycles. The lowest BCUT2D eigenvalue weighted by Gasteiger charge is -2.18. The van der Waals surface area contributed by atoms with E-state index < -0.39 is 0 Å². The molecule has 0 rings (SSSR count). The first-order valence-electron chi connectivity index (χ1n) is 4.16. The van der Waals surface area contributed by atoms with Crippen molar-refractivity contribution in [2.45, 2.75) is 12.2 Å². The summed E-state index contributed by atoms with van der Waals surface area (Å²) in [5.74, 6) is 0. The van der Waals surface area contributed by atoms with Crippen molar-refractivity contribution in [3.8, 4) is 0 Å². The molecule has 0 saturated carbocycles. The fraction of sp³-hybridized carbons (Fsp3) is 0.600. The van der Waals surface area contributed by atoms with Crippen LogP contribution in [0.1, 0.15) is 0 Å². The van der Waals surface area contributed by atoms with Crippen molar-refractivity contribution >= 4 is 0 Å². The molecule has 0 N–H and O–H groups in total. The summed E-state index contributed by atoms with van der Waals surface area (Å²) in [6.45, 7) is 8.29. The van der Waals surface area contributed by atoms with Crippen molar-refractivity contribution in [3.05, 3.63) is 25.3 Å². The topological polar surface area (TPSA) is 27.7 Å². The Labute approximate surface area is 80.0 Å². The average Bonchev–Trinajstić information content (AvgIpc) is 2.16. The summed E-state index contributed by atoms with van der Waals surface area (Å²) in [4.78, 5) is 0. The van der Waals surface area contributed by atoms with Gasteiger partial charge < -0.3 is 14.2 Å². The third-order valence-electron chi connectivity index (χ3n) is 1.54. The average molecular weight is 186 g/mol. The minimum atomic E-state index is -0.108. The number of hydrogen-bond acceptors (Lipinski definition) is 3. The number of hydrogen-bond donors (Lipinski definition) is 0. The Morgan fingerprint density at radius 3 is 1.62 bits per heavy atom. The molecule has 0 fully saturated rings. The lowest BCUT2D eigenvalue weighted by atomic mass is 10.3. The third-order valence-corrected chi connectivity index (χ3v) is 1.54. The molecule has 0 saturated heterocycles. The second-order valence-corrected chi connectivity index (χ2v) is 2.60. The van der Waals surface area contributed by atoms with E-state index in [0.29, 0.717) is 13.2 Å². The molecule has 13 heavy (non-hydrogen) atoms. The molecule has 0 radical (unpaired) electrons. The maximum Gasteiger partial charge on any atom is 0.0995 e. The highest BCUT2D eigenvalue weighted by Gasteiger charge is 2.10. The molecule has 0 aromatic carbocycles. The van der Waals surface area contributed by atoms with Crippen molar-refractivity contribution in [3.63, 3.8) is 0 Å². The van der Waals surface area contributed by atoms with Gasteiger partial charge in [-0.15, -0.1) is 13.2 Å². The lowest BCUT2D eigenvalue weighted by molar-refractivity contribution is -0.0320. The summed E-state index contributed by atoms with van der Waals surface area (Å²) in [6, 6.07) is 0. The van der Waals surface area contributed by atoms with Crippen molar-refractivity contribution < 1.29 is 14.2 Å². The molecule has 0 aromatic rings. The van der Waals surface area contributed by atoms with Gasteiger partial charge in [-0.3, -0.25) is 0 Å². The van der Waals surface area contributed by atoms with Crippen LogP contribution in [0.5, 0.6) is 0 Å². The highest BCUT2D eigenvalue weighted by molar-refractivity contribution is 4.86. The van der Waals surface area contributed by atoms with Crippen molar-refractivity contribution in [1.82, 2.24) is 0 Å². The van der Waals surface area contributed by atoms with Gasteiger partial charge in [0.2, 0.25) is 0 Å². The largest absolute Gasteiger partial charge is 0.382 e. The molecule has 3 nitrogen and oxygen atoms in total. The molecule has 0 aliphatic carbocycles. The van der Waals surface area contributed by atoms with Gasteiger partial charge in [0.25, 0.3) is 0 Å². The fourth-order valence-electron chi connectivity index (χ4n) is 0.879. The Morgan fingerprint density at radius 1 is 1.00 bits per heavy atom. The number of ether oxygens (including phenoxy) is 3. The minimum absolute atomic E-state index is 0.108. The molecule has 0 bridgehead atoms. The zero-order valence-electron chi connectivity index (χ0n) is 8.36. The van der Waals surface area contributed by atoms with Crippen LogP contribution in [-0.2, 0) is 14.2 Å². The van der Waals surface area contributed by atoms with Crippen LogP contribution in [0.2, 0.25) is 0 Å². The molecule has 0 amide bonds. The van der Waals surface area contributed by atoms with Gasteiger partial charge in [0.1, 0.15) is 0 Å². The first kappa shape index (κ1) is 12.4. The third kappa shape index (κ3) is 5.58. The second kappa shape index (κ2) is 7.98. The number of rotatable bonds is 8. The normalized spacial score (nSPS) is 14.9. The maximum absolute atomic E-state index is 5.54. The molecular formula is C10H18O3. The van der Waals surface area contributed by atoms with Crippen LogP contribution in [-0.4, -0.2) is 39.6 Å². The molecule has 76 valence electrons. The first-order chi connectivity index (χ1) is 6.28. The van der Waals surface area contributed by atoms with E-state index in [-0.39, 0.29) is 12.2 Å². The minimum Gasteiger partial charge on any atom is -0.382 e. The Kier molecular flexibility index (Phi) is 7.59. The summed E-state index contributed by atoms with van der Waals surface area (Å²) in [5.41, 5.74) is 0. The van der Waals surface area contributed by atoms with Crippen molar-refractivity contribution in [1.29, 1.82) is 0 Å². The van der Waals surface area contributed by atoms with Gasteiger partial charge in [0.05, 0.1) is 25.4 Å². The van der Waals surface area contributed by atoms with Gasteiger partial charge in [0, 0.05) is 14.2 Å². The molecule has 0 aliphatic rings. The predicted octanol–water partition coefficient (Wildman–Crippen LogP) is 1.41. The standard InChI is InChI=1S/C10H18O3/c1-5-9(7-11-3)13-10(6-2)8-12-4/h5-6,9-10H,1-2,7-8H2,3-4H3. The van der Waals surface area contributed by atoms with Gasteiger partial charge in [-0.1, -0.05) is 12.2 Å². The Hall–Kier alpha value is -0.640. The lowest BCUT2D eigenvalue weighted by Crippen LogP contribution is -2.25. The Balaban J connectivity index is 3.86. The van der Waals surface area contributed by atoms with E-state index in [4.69, 9.17) is 14.2 Å². The SMILES string of the molecule is C=CC(COC)OC(C=C)COC. The Morgan fingerprint density at radius 2 is 1.38 bits per heavy atom. The molecule has 0 aliphatic heterocycles. The van der Waals surface area contributed by atoms with Crippen LogP contribution in [0.25, 0.3) is 0 Å². The molecule has 2 atom stereocenters. The van der Waals surface area contributed by atoms with Crippen LogP contribution in [0.4, 0.5) is 0 Å². The van der Waals surface area contributed by atoms with E-state index in [0.717, 1.165) is 0 Å². The second-order valence-electron chi connectivity index (χ2n) is 2.60. The van der Waals surface area contributed by atoms with E-state index in [1.807, 2.05) is 0 Å². The molecule has 2 unspecified atom stereocenters. The molecule has 0 heterocycles. The summed E-state index contributed by atoms with van der Waals surface area (Å²) in [6.07, 6.45) is 3.19. The van der Waals surface area contributed by atoms with E-state index in [9.17, 15) is 0 Å². The van der Waals surface area contributed by atoms with Gasteiger partial charge in [0.15, 0.2) is 0 Å². The molecular weight excluding hydrogens is 168 g/mol. The van der Waals surface area contributed by atoms with Crippen molar-refractivity contribution in [2.24, 2.45) is 0 Å². The van der Waals surface area contributed by atoms with Gasteiger partial charge in [-0.25, -0.2) is 0 Å². The first-order valence-corrected chi connectivity index (χ1v) is 4.16. The van der Waals surface area contributed by atoms with Gasteiger partial charge >= 0.3 is 0 Å². The smallest absolute Gasteiger partial charge is 0.0995 e. The summed E-state index contributed by atoms with van der Waals surface area (Å²) >= 11 is 0. The molecule has 0 spiro atoms. The van der Waals surface area contributed by atoms with Crippen LogP contribution in [0.3, 0.4) is 0 Å². The molecule has 3 heteroatoms. The van der Waals surface area contributed by atoms with E-state index in [1.165, 1.54) is 0 Å². The summed E-state index contributed by atoms with van der Waals surface area (Å²) < 4.78 is 15.4. The summed E-state index contributed by atoms with van der Waals surface area (Å²) in [5, 5.41) is 0. The zero-order chi connectivity index (χ0) is 10.1. The highest BCUT2D eigenvalue weighted by atomic mass is 16.6. The van der Waals surface area contributed by atoms with Crippen LogP contribution in [0, 0.1) is 0 Å². The van der Waals surface area contributed by atoms with E-state index in [1.54, 1.807) is 26.4 Å². The van der Waals surface area contributed by atoms with Gasteiger partial charge in [-0.05, 0) is 0 Å². The maximum atomic E-state index is 5.54. The fourth-order valence-corrected chi connectivity index (χ4v) is 0.879. The quantitative estimate of drug-likeness (QED) is 0.536.